The van der Waals surface area contributed by atoms with E-state index in [0.717, 1.165) is 19.4 Å². The molecule has 1 atom stereocenters. The molecule has 1 aromatic rings. The lowest BCUT2D eigenvalue weighted by molar-refractivity contribution is -0.134. The van der Waals surface area contributed by atoms with Crippen molar-refractivity contribution in [2.45, 2.75) is 31.4 Å². The molecule has 1 aromatic heterocycles. The van der Waals surface area contributed by atoms with Gasteiger partial charge in [-0.1, -0.05) is 0 Å². The monoisotopic (exact) mass is 262 g/mol. The summed E-state index contributed by atoms with van der Waals surface area (Å²) in [5.74, 6) is 0.651. The number of carbonyl (C=O) groups excluding carboxylic acids is 1. The van der Waals surface area contributed by atoms with E-state index in [0.29, 0.717) is 25.1 Å². The molecule has 1 amide bonds. The molecule has 0 bridgehead atoms. The van der Waals surface area contributed by atoms with Crippen LogP contribution in [0.1, 0.15) is 19.3 Å². The standard InChI is InChI=1S/C13H18N4O2/c18-12(16-10-3-1-4-10)11-9-17(7-8-19-11)13-14-5-2-6-15-13/h2,5-6,10-11H,1,3-4,7-9H2,(H,16,18)/t11-/m1/s1. The van der Waals surface area contributed by atoms with Gasteiger partial charge in [-0.15, -0.1) is 0 Å². The third-order valence-electron chi connectivity index (χ3n) is 3.65. The lowest BCUT2D eigenvalue weighted by atomic mass is 9.93. The van der Waals surface area contributed by atoms with Crippen LogP contribution in [0.25, 0.3) is 0 Å². The molecule has 0 unspecified atom stereocenters. The number of nitrogens with one attached hydrogen (secondary N) is 1. The fourth-order valence-corrected chi connectivity index (χ4v) is 2.29. The molecule has 1 saturated carbocycles. The van der Waals surface area contributed by atoms with Crippen LogP contribution in [0.4, 0.5) is 5.95 Å². The summed E-state index contributed by atoms with van der Waals surface area (Å²) in [6, 6.07) is 2.13. The Hall–Kier alpha value is -1.69. The maximum absolute atomic E-state index is 12.1. The van der Waals surface area contributed by atoms with E-state index >= 15 is 0 Å². The maximum atomic E-state index is 12.1. The van der Waals surface area contributed by atoms with Crippen molar-refractivity contribution >= 4 is 11.9 Å². The Morgan fingerprint density at radius 1 is 1.37 bits per heavy atom. The van der Waals surface area contributed by atoms with Gasteiger partial charge in [0.1, 0.15) is 0 Å². The van der Waals surface area contributed by atoms with Crippen molar-refractivity contribution in [1.29, 1.82) is 0 Å². The number of hydrogen-bond donors (Lipinski definition) is 1. The van der Waals surface area contributed by atoms with Crippen LogP contribution in [-0.4, -0.2) is 47.7 Å². The van der Waals surface area contributed by atoms with Crippen LogP contribution in [0.2, 0.25) is 0 Å². The summed E-state index contributed by atoms with van der Waals surface area (Å²) in [4.78, 5) is 22.5. The van der Waals surface area contributed by atoms with Crippen molar-refractivity contribution in [3.63, 3.8) is 0 Å². The minimum Gasteiger partial charge on any atom is -0.365 e. The largest absolute Gasteiger partial charge is 0.365 e. The van der Waals surface area contributed by atoms with Gasteiger partial charge in [0.25, 0.3) is 5.91 Å². The maximum Gasteiger partial charge on any atom is 0.251 e. The number of amides is 1. The van der Waals surface area contributed by atoms with E-state index in [-0.39, 0.29) is 5.91 Å². The van der Waals surface area contributed by atoms with E-state index in [1.165, 1.54) is 6.42 Å². The number of ether oxygens (including phenoxy) is 1. The van der Waals surface area contributed by atoms with E-state index < -0.39 is 6.10 Å². The first-order valence-corrected chi connectivity index (χ1v) is 6.77. The van der Waals surface area contributed by atoms with E-state index in [1.807, 2.05) is 4.90 Å². The first kappa shape index (κ1) is 12.3. The Morgan fingerprint density at radius 3 is 2.84 bits per heavy atom. The minimum absolute atomic E-state index is 0.00895. The quantitative estimate of drug-likeness (QED) is 0.851. The van der Waals surface area contributed by atoms with Crippen LogP contribution in [0.15, 0.2) is 18.5 Å². The highest BCUT2D eigenvalue weighted by atomic mass is 16.5. The smallest absolute Gasteiger partial charge is 0.251 e. The molecular weight excluding hydrogens is 244 g/mol. The minimum atomic E-state index is -0.418. The van der Waals surface area contributed by atoms with Gasteiger partial charge in [0.2, 0.25) is 5.95 Å². The Balaban J connectivity index is 1.59. The van der Waals surface area contributed by atoms with Crippen molar-refractivity contribution in [3.8, 4) is 0 Å². The van der Waals surface area contributed by atoms with Crippen LogP contribution in [0, 0.1) is 0 Å². The molecule has 2 heterocycles. The number of anilines is 1. The highest BCUT2D eigenvalue weighted by Gasteiger charge is 2.30. The van der Waals surface area contributed by atoms with Crippen LogP contribution in [-0.2, 0) is 9.53 Å². The van der Waals surface area contributed by atoms with Gasteiger partial charge in [-0.25, -0.2) is 9.97 Å². The molecule has 1 aliphatic carbocycles. The van der Waals surface area contributed by atoms with Crippen molar-refractivity contribution in [3.05, 3.63) is 18.5 Å². The summed E-state index contributed by atoms with van der Waals surface area (Å²) in [6.45, 7) is 1.76. The lowest BCUT2D eigenvalue weighted by Crippen LogP contribution is -2.53. The highest BCUT2D eigenvalue weighted by Crippen LogP contribution is 2.19. The summed E-state index contributed by atoms with van der Waals surface area (Å²) in [7, 11) is 0. The fraction of sp³-hybridized carbons (Fsp3) is 0.615. The summed E-state index contributed by atoms with van der Waals surface area (Å²) < 4.78 is 5.55. The molecule has 0 radical (unpaired) electrons. The van der Waals surface area contributed by atoms with Gasteiger partial charge in [0, 0.05) is 25.0 Å². The van der Waals surface area contributed by atoms with Crippen LogP contribution in [0.5, 0.6) is 0 Å². The van der Waals surface area contributed by atoms with E-state index in [9.17, 15) is 4.79 Å². The fourth-order valence-electron chi connectivity index (χ4n) is 2.29. The zero-order valence-corrected chi connectivity index (χ0v) is 10.8. The molecule has 1 N–H and O–H groups in total. The normalized spacial score (nSPS) is 23.8. The number of morpholine rings is 1. The third kappa shape index (κ3) is 2.84. The molecule has 1 saturated heterocycles. The van der Waals surface area contributed by atoms with Gasteiger partial charge in [-0.3, -0.25) is 4.79 Å². The Bertz CT molecular complexity index is 436. The van der Waals surface area contributed by atoms with Crippen LogP contribution in [0.3, 0.4) is 0 Å². The SMILES string of the molecule is O=C(NC1CCC1)[C@H]1CN(c2ncccn2)CCO1. The summed E-state index contributed by atoms with van der Waals surface area (Å²) in [5.41, 5.74) is 0. The summed E-state index contributed by atoms with van der Waals surface area (Å²) in [5, 5.41) is 3.03. The molecular formula is C13H18N4O2. The van der Waals surface area contributed by atoms with E-state index in [2.05, 4.69) is 15.3 Å². The predicted molar refractivity (Wildman–Crippen MR) is 69.8 cm³/mol. The van der Waals surface area contributed by atoms with Crippen molar-refractivity contribution in [2.75, 3.05) is 24.6 Å². The molecule has 1 aliphatic heterocycles. The van der Waals surface area contributed by atoms with Gasteiger partial charge < -0.3 is 15.0 Å². The molecule has 102 valence electrons. The van der Waals surface area contributed by atoms with Gasteiger partial charge in [-0.2, -0.15) is 0 Å². The van der Waals surface area contributed by atoms with E-state index in [1.54, 1.807) is 18.5 Å². The van der Waals surface area contributed by atoms with E-state index in [4.69, 9.17) is 4.74 Å². The highest BCUT2D eigenvalue weighted by molar-refractivity contribution is 5.82. The number of rotatable bonds is 3. The first-order valence-electron chi connectivity index (χ1n) is 6.77. The first-order chi connectivity index (χ1) is 9.33. The van der Waals surface area contributed by atoms with Crippen LogP contribution >= 0.6 is 0 Å². The van der Waals surface area contributed by atoms with Crippen molar-refractivity contribution in [1.82, 2.24) is 15.3 Å². The molecule has 19 heavy (non-hydrogen) atoms. The number of carbonyl (C=O) groups is 1. The topological polar surface area (TPSA) is 67.4 Å². The molecule has 3 rings (SSSR count). The molecule has 0 aromatic carbocycles. The Kier molecular flexibility index (Phi) is 3.59. The number of hydrogen-bond acceptors (Lipinski definition) is 5. The second kappa shape index (κ2) is 5.52. The van der Waals surface area contributed by atoms with Gasteiger partial charge in [-0.05, 0) is 25.3 Å². The molecule has 2 aliphatic rings. The van der Waals surface area contributed by atoms with Crippen molar-refractivity contribution in [2.24, 2.45) is 0 Å². The lowest BCUT2D eigenvalue weighted by Gasteiger charge is -2.34. The predicted octanol–water partition coefficient (Wildman–Crippen LogP) is 0.350. The van der Waals surface area contributed by atoms with Gasteiger partial charge in [0.15, 0.2) is 6.10 Å². The molecule has 6 nitrogen and oxygen atoms in total. The summed E-state index contributed by atoms with van der Waals surface area (Å²) >= 11 is 0. The Morgan fingerprint density at radius 2 is 2.16 bits per heavy atom. The summed E-state index contributed by atoms with van der Waals surface area (Å²) in [6.07, 6.45) is 6.38. The zero-order valence-electron chi connectivity index (χ0n) is 10.8. The second-order valence-electron chi connectivity index (χ2n) is 4.99. The second-order valence-corrected chi connectivity index (χ2v) is 4.99. The van der Waals surface area contributed by atoms with Crippen LogP contribution < -0.4 is 10.2 Å². The van der Waals surface area contributed by atoms with Crippen molar-refractivity contribution < 1.29 is 9.53 Å². The molecule has 2 fully saturated rings. The number of nitrogens with zero attached hydrogens (tertiary/aromatic N) is 3. The third-order valence-corrected chi connectivity index (χ3v) is 3.65. The number of aromatic nitrogens is 2. The van der Waals surface area contributed by atoms with Gasteiger partial charge >= 0.3 is 0 Å². The average Bonchev–Trinajstić information content (AvgIpc) is 2.44. The molecule has 0 spiro atoms. The zero-order chi connectivity index (χ0) is 13.1. The Labute approximate surface area is 112 Å². The van der Waals surface area contributed by atoms with Gasteiger partial charge in [0.05, 0.1) is 13.2 Å². The molecule has 6 heteroatoms. The average molecular weight is 262 g/mol.